The molecule has 3 heteroatoms. The quantitative estimate of drug-likeness (QED) is 0.486. The number of hydrazine groups is 1. The van der Waals surface area contributed by atoms with Crippen LogP contribution in [0.2, 0.25) is 0 Å². The summed E-state index contributed by atoms with van der Waals surface area (Å²) in [5.74, 6) is 0. The molecule has 0 aromatic carbocycles. The summed E-state index contributed by atoms with van der Waals surface area (Å²) in [7, 11) is 0. The summed E-state index contributed by atoms with van der Waals surface area (Å²) in [6, 6.07) is 5.86. The lowest BCUT2D eigenvalue weighted by molar-refractivity contribution is -0.654. The molecule has 0 atom stereocenters. The lowest BCUT2D eigenvalue weighted by atomic mass is 10.5. The van der Waals surface area contributed by atoms with Crippen molar-refractivity contribution >= 4 is 0 Å². The molecule has 1 heterocycles. The minimum Gasteiger partial charge on any atom is -0.261 e. The number of allylic oxidation sites excluding steroid dienone is 1. The molecule has 0 bridgehead atoms. The van der Waals surface area contributed by atoms with Gasteiger partial charge in [-0.25, -0.2) is 0 Å². The minimum atomic E-state index is 1.82. The van der Waals surface area contributed by atoms with Crippen LogP contribution in [0.15, 0.2) is 42.9 Å². The average Bonchev–Trinajstić information content (AvgIpc) is 2.07. The summed E-state index contributed by atoms with van der Waals surface area (Å²) < 4.78 is 1.82. The topological polar surface area (TPSA) is 27.9 Å². The van der Waals surface area contributed by atoms with Crippen molar-refractivity contribution in [2.45, 2.75) is 6.92 Å². The van der Waals surface area contributed by atoms with Crippen LogP contribution >= 0.6 is 0 Å². The fourth-order valence-corrected chi connectivity index (χ4v) is 0.668. The summed E-state index contributed by atoms with van der Waals surface area (Å²) in [4.78, 5) is 0. The second-order valence-corrected chi connectivity index (χ2v) is 2.04. The Balaban J connectivity index is 2.39. The van der Waals surface area contributed by atoms with Crippen molar-refractivity contribution in [3.63, 3.8) is 0 Å². The highest BCUT2D eigenvalue weighted by molar-refractivity contribution is 4.84. The number of rotatable bonds is 3. The van der Waals surface area contributed by atoms with Gasteiger partial charge >= 0.3 is 0 Å². The third-order valence-corrected chi connectivity index (χ3v) is 1.16. The maximum absolute atomic E-state index is 2.93. The molecule has 0 unspecified atom stereocenters. The van der Waals surface area contributed by atoms with Crippen LogP contribution in [0.25, 0.3) is 0 Å². The van der Waals surface area contributed by atoms with Crippen LogP contribution in [0.1, 0.15) is 6.92 Å². The SMILES string of the molecule is CC=CNN[n+]1ccccc1. The van der Waals surface area contributed by atoms with E-state index in [1.807, 2.05) is 54.5 Å². The Bertz CT molecular complexity index is 218. The van der Waals surface area contributed by atoms with Gasteiger partial charge in [-0.15, -0.1) is 0 Å². The normalized spacial score (nSPS) is 9.91. The predicted octanol–water partition coefficient (Wildman–Crippen LogP) is 0.556. The van der Waals surface area contributed by atoms with E-state index in [4.69, 9.17) is 0 Å². The largest absolute Gasteiger partial charge is 0.261 e. The van der Waals surface area contributed by atoms with Gasteiger partial charge in [-0.3, -0.25) is 5.43 Å². The van der Waals surface area contributed by atoms with E-state index in [1.165, 1.54) is 0 Å². The summed E-state index contributed by atoms with van der Waals surface area (Å²) >= 11 is 0. The van der Waals surface area contributed by atoms with E-state index in [0.29, 0.717) is 0 Å². The van der Waals surface area contributed by atoms with Crippen molar-refractivity contribution in [3.05, 3.63) is 42.9 Å². The number of nitrogens with one attached hydrogen (secondary N) is 2. The molecule has 58 valence electrons. The van der Waals surface area contributed by atoms with Crippen molar-refractivity contribution in [1.82, 2.24) is 5.43 Å². The van der Waals surface area contributed by atoms with E-state index in [9.17, 15) is 0 Å². The van der Waals surface area contributed by atoms with Gasteiger partial charge in [0.1, 0.15) is 0 Å². The zero-order valence-electron chi connectivity index (χ0n) is 6.49. The van der Waals surface area contributed by atoms with Crippen molar-refractivity contribution in [3.8, 4) is 0 Å². The number of pyridine rings is 1. The van der Waals surface area contributed by atoms with E-state index in [0.717, 1.165) is 0 Å². The number of hydrogen-bond acceptors (Lipinski definition) is 2. The van der Waals surface area contributed by atoms with Crippen LogP contribution in [-0.4, -0.2) is 0 Å². The zero-order chi connectivity index (χ0) is 7.94. The molecule has 0 spiro atoms. The molecule has 2 N–H and O–H groups in total. The van der Waals surface area contributed by atoms with Crippen LogP contribution in [-0.2, 0) is 0 Å². The molecule has 0 fully saturated rings. The molecule has 1 aromatic rings. The van der Waals surface area contributed by atoms with Crippen LogP contribution < -0.4 is 15.6 Å². The third kappa shape index (κ3) is 2.71. The monoisotopic (exact) mass is 150 g/mol. The lowest BCUT2D eigenvalue weighted by Crippen LogP contribution is -2.49. The Kier molecular flexibility index (Phi) is 2.99. The Morgan fingerprint density at radius 2 is 1.91 bits per heavy atom. The molecule has 3 nitrogen and oxygen atoms in total. The molecule has 11 heavy (non-hydrogen) atoms. The molecular formula is C8H12N3+. The molecule has 0 saturated carbocycles. The summed E-state index contributed by atoms with van der Waals surface area (Å²) in [6.07, 6.45) is 7.56. The number of nitrogens with zero attached hydrogens (tertiary/aromatic N) is 1. The number of aromatic nitrogens is 1. The maximum atomic E-state index is 2.93. The highest BCUT2D eigenvalue weighted by atomic mass is 15.6. The minimum absolute atomic E-state index is 1.82. The van der Waals surface area contributed by atoms with Gasteiger partial charge in [-0.1, -0.05) is 22.4 Å². The van der Waals surface area contributed by atoms with Crippen LogP contribution in [0.4, 0.5) is 0 Å². The molecule has 0 aliphatic carbocycles. The summed E-state index contributed by atoms with van der Waals surface area (Å²) in [6.45, 7) is 1.95. The highest BCUT2D eigenvalue weighted by Gasteiger charge is 1.89. The average molecular weight is 150 g/mol. The van der Waals surface area contributed by atoms with Crippen molar-refractivity contribution in [1.29, 1.82) is 0 Å². The molecule has 1 rings (SSSR count). The van der Waals surface area contributed by atoms with Crippen molar-refractivity contribution in [2.75, 3.05) is 5.53 Å². The first-order valence-corrected chi connectivity index (χ1v) is 3.52. The first-order valence-electron chi connectivity index (χ1n) is 3.52. The first kappa shape index (κ1) is 7.60. The molecule has 0 radical (unpaired) electrons. The first-order chi connectivity index (χ1) is 5.43. The Labute approximate surface area is 66.3 Å². The van der Waals surface area contributed by atoms with Gasteiger partial charge in [0.05, 0.1) is 0 Å². The molecule has 0 amide bonds. The van der Waals surface area contributed by atoms with Crippen molar-refractivity contribution < 1.29 is 4.68 Å². The van der Waals surface area contributed by atoms with Gasteiger partial charge in [0.2, 0.25) is 12.4 Å². The van der Waals surface area contributed by atoms with Gasteiger partial charge in [-0.2, -0.15) is 0 Å². The van der Waals surface area contributed by atoms with E-state index in [-0.39, 0.29) is 0 Å². The van der Waals surface area contributed by atoms with Gasteiger partial charge in [0.15, 0.2) is 0 Å². The van der Waals surface area contributed by atoms with E-state index in [2.05, 4.69) is 11.0 Å². The van der Waals surface area contributed by atoms with Gasteiger partial charge < -0.3 is 0 Å². The number of hydrogen-bond donors (Lipinski definition) is 2. The molecule has 0 saturated heterocycles. The second kappa shape index (κ2) is 4.33. The van der Waals surface area contributed by atoms with Gasteiger partial charge in [-0.05, 0) is 6.92 Å². The molecular weight excluding hydrogens is 138 g/mol. The highest BCUT2D eigenvalue weighted by Crippen LogP contribution is 1.72. The fraction of sp³-hybridized carbons (Fsp3) is 0.125. The van der Waals surface area contributed by atoms with E-state index < -0.39 is 0 Å². The second-order valence-electron chi connectivity index (χ2n) is 2.04. The van der Waals surface area contributed by atoms with Crippen LogP contribution in [0, 0.1) is 0 Å². The molecule has 0 aliphatic heterocycles. The zero-order valence-corrected chi connectivity index (χ0v) is 6.49. The summed E-state index contributed by atoms with van der Waals surface area (Å²) in [5, 5.41) is 0. The molecule has 1 aromatic heterocycles. The Hall–Kier alpha value is -1.51. The standard InChI is InChI=1S/C8H12N3/c1-2-6-9-10-11-7-4-3-5-8-11/h2-10H,1H3/q+1. The Morgan fingerprint density at radius 3 is 2.55 bits per heavy atom. The van der Waals surface area contributed by atoms with E-state index in [1.54, 1.807) is 0 Å². The van der Waals surface area contributed by atoms with Crippen molar-refractivity contribution in [2.24, 2.45) is 0 Å². The maximum Gasteiger partial charge on any atom is 0.201 e. The van der Waals surface area contributed by atoms with Gasteiger partial charge in [0, 0.05) is 18.3 Å². The third-order valence-electron chi connectivity index (χ3n) is 1.16. The Morgan fingerprint density at radius 1 is 1.18 bits per heavy atom. The lowest BCUT2D eigenvalue weighted by Gasteiger charge is -1.96. The summed E-state index contributed by atoms with van der Waals surface area (Å²) in [5.41, 5.74) is 5.81. The van der Waals surface area contributed by atoms with E-state index >= 15 is 0 Å². The molecule has 0 aliphatic rings. The predicted molar refractivity (Wildman–Crippen MR) is 43.9 cm³/mol. The van der Waals surface area contributed by atoms with Gasteiger partial charge in [0.25, 0.3) is 0 Å². The smallest absolute Gasteiger partial charge is 0.201 e. The fourth-order valence-electron chi connectivity index (χ4n) is 0.668. The van der Waals surface area contributed by atoms with Crippen LogP contribution in [0.3, 0.4) is 0 Å². The van der Waals surface area contributed by atoms with Crippen LogP contribution in [0.5, 0.6) is 0 Å².